The van der Waals surface area contributed by atoms with E-state index in [1.54, 1.807) is 24.5 Å². The Balaban J connectivity index is 2.36. The smallest absolute Gasteiger partial charge is 0.218 e. The number of quaternary nitrogens is 1. The fraction of sp³-hybridized carbons (Fsp3) is 0.125. The van der Waals surface area contributed by atoms with Crippen molar-refractivity contribution in [3.8, 4) is 0 Å². The molecule has 1 unspecified atom stereocenters. The second-order valence-electron chi connectivity index (χ2n) is 2.76. The Bertz CT molecular complexity index is 329. The van der Waals surface area contributed by atoms with E-state index in [1.807, 2.05) is 0 Å². The van der Waals surface area contributed by atoms with E-state index in [4.69, 9.17) is 0 Å². The van der Waals surface area contributed by atoms with E-state index < -0.39 is 4.76 Å². The Kier molecular flexibility index (Phi) is 1.39. The van der Waals surface area contributed by atoms with Crippen LogP contribution in [0.15, 0.2) is 36.8 Å². The number of hydroxylamine groups is 2. The number of hydrogen-bond acceptors (Lipinski definition) is 2. The van der Waals surface area contributed by atoms with Crippen molar-refractivity contribution in [2.24, 2.45) is 0 Å². The molecule has 0 N–H and O–H groups in total. The SMILES string of the molecule is O=C1C=C[N+]([O-])(n2cccc2)C1. The Labute approximate surface area is 69.5 Å². The largest absolute Gasteiger partial charge is 0.601 e. The molecule has 0 fully saturated rings. The van der Waals surface area contributed by atoms with Gasteiger partial charge in [0.1, 0.15) is 6.20 Å². The molecule has 0 aromatic carbocycles. The molecule has 1 aliphatic rings. The van der Waals surface area contributed by atoms with Gasteiger partial charge in [-0.15, -0.1) is 0 Å². The zero-order chi connectivity index (χ0) is 8.60. The molecular formula is C8H8N2O2. The minimum Gasteiger partial charge on any atom is -0.601 e. The highest BCUT2D eigenvalue weighted by Gasteiger charge is 2.25. The number of carbonyl (C=O) groups is 1. The Morgan fingerprint density at radius 2 is 2.08 bits per heavy atom. The topological polar surface area (TPSA) is 45.1 Å². The van der Waals surface area contributed by atoms with Crippen molar-refractivity contribution in [3.63, 3.8) is 0 Å². The summed E-state index contributed by atoms with van der Waals surface area (Å²) < 4.78 is 0.729. The van der Waals surface area contributed by atoms with Gasteiger partial charge in [0, 0.05) is 6.08 Å². The molecule has 0 radical (unpaired) electrons. The predicted octanol–water partition coefficient (Wildman–Crippen LogP) is 0.521. The molecule has 1 aromatic rings. The van der Waals surface area contributed by atoms with Crippen molar-refractivity contribution in [3.05, 3.63) is 42.0 Å². The van der Waals surface area contributed by atoms with Crippen LogP contribution in [-0.2, 0) is 4.79 Å². The maximum absolute atomic E-state index is 11.8. The molecule has 4 heteroatoms. The van der Waals surface area contributed by atoms with Crippen LogP contribution in [0.1, 0.15) is 0 Å². The number of rotatable bonds is 1. The number of aromatic nitrogens is 1. The molecule has 1 aliphatic heterocycles. The summed E-state index contributed by atoms with van der Waals surface area (Å²) in [6.45, 7) is -0.0331. The van der Waals surface area contributed by atoms with E-state index in [-0.39, 0.29) is 12.3 Å². The first-order chi connectivity index (χ1) is 5.71. The van der Waals surface area contributed by atoms with Crippen molar-refractivity contribution in [1.82, 2.24) is 9.43 Å². The van der Waals surface area contributed by atoms with Crippen LogP contribution in [-0.4, -0.2) is 17.0 Å². The first-order valence-electron chi connectivity index (χ1n) is 3.65. The lowest BCUT2D eigenvalue weighted by Gasteiger charge is -2.34. The summed E-state index contributed by atoms with van der Waals surface area (Å²) in [5.74, 6) is -0.126. The van der Waals surface area contributed by atoms with Crippen LogP contribution in [0.3, 0.4) is 0 Å². The van der Waals surface area contributed by atoms with E-state index in [2.05, 4.69) is 0 Å². The van der Waals surface area contributed by atoms with Gasteiger partial charge >= 0.3 is 0 Å². The molecule has 2 rings (SSSR count). The average molecular weight is 164 g/mol. The van der Waals surface area contributed by atoms with E-state index in [9.17, 15) is 10.0 Å². The van der Waals surface area contributed by atoms with Gasteiger partial charge in [-0.25, -0.2) is 9.43 Å². The van der Waals surface area contributed by atoms with Gasteiger partial charge in [-0.2, -0.15) is 0 Å². The van der Waals surface area contributed by atoms with E-state index in [0.29, 0.717) is 0 Å². The van der Waals surface area contributed by atoms with Crippen molar-refractivity contribution in [1.29, 1.82) is 0 Å². The van der Waals surface area contributed by atoms with Gasteiger partial charge < -0.3 is 5.21 Å². The zero-order valence-corrected chi connectivity index (χ0v) is 6.38. The Morgan fingerprint density at radius 3 is 2.58 bits per heavy atom. The number of carbonyl (C=O) groups excluding carboxylic acids is 1. The standard InChI is InChI=1S/C8H8N2O2/c11-8-3-6-10(12,7-8)9-4-1-2-5-9/h1-6H,7H2. The fourth-order valence-electron chi connectivity index (χ4n) is 1.24. The summed E-state index contributed by atoms with van der Waals surface area (Å²) >= 11 is 0. The summed E-state index contributed by atoms with van der Waals surface area (Å²) in [4.78, 5) is 10.8. The van der Waals surface area contributed by atoms with Gasteiger partial charge in [0.2, 0.25) is 5.78 Å². The van der Waals surface area contributed by atoms with Gasteiger partial charge in [0.25, 0.3) is 0 Å². The van der Waals surface area contributed by atoms with Gasteiger partial charge in [-0.05, 0) is 12.1 Å². The highest BCUT2D eigenvalue weighted by molar-refractivity contribution is 5.94. The maximum atomic E-state index is 11.8. The zero-order valence-electron chi connectivity index (χ0n) is 6.38. The molecule has 0 saturated heterocycles. The van der Waals surface area contributed by atoms with Crippen LogP contribution in [0.25, 0.3) is 0 Å². The molecule has 0 bridgehead atoms. The highest BCUT2D eigenvalue weighted by Crippen LogP contribution is 2.11. The fourth-order valence-corrected chi connectivity index (χ4v) is 1.24. The highest BCUT2D eigenvalue weighted by atomic mass is 16.6. The predicted molar refractivity (Wildman–Crippen MR) is 44.3 cm³/mol. The maximum Gasteiger partial charge on any atom is 0.218 e. The third kappa shape index (κ3) is 0.975. The Morgan fingerprint density at radius 1 is 1.42 bits per heavy atom. The van der Waals surface area contributed by atoms with Gasteiger partial charge in [0.15, 0.2) is 6.54 Å². The lowest BCUT2D eigenvalue weighted by Crippen LogP contribution is -2.46. The van der Waals surface area contributed by atoms with E-state index in [1.165, 1.54) is 17.0 Å². The summed E-state index contributed by atoms with van der Waals surface area (Å²) in [5, 5.41) is 11.8. The molecule has 1 aromatic heterocycles. The molecule has 2 heterocycles. The molecule has 0 amide bonds. The minimum absolute atomic E-state index is 0.0331. The molecule has 0 saturated carbocycles. The monoisotopic (exact) mass is 164 g/mol. The van der Waals surface area contributed by atoms with Gasteiger partial charge in [0.05, 0.1) is 12.4 Å². The van der Waals surface area contributed by atoms with Gasteiger partial charge in [-0.3, -0.25) is 4.79 Å². The summed E-state index contributed by atoms with van der Waals surface area (Å²) in [6.07, 6.45) is 5.97. The third-order valence-electron chi connectivity index (χ3n) is 1.86. The normalized spacial score (nSPS) is 28.2. The third-order valence-corrected chi connectivity index (χ3v) is 1.86. The number of nitrogens with zero attached hydrogens (tertiary/aromatic N) is 2. The second kappa shape index (κ2) is 2.30. The average Bonchev–Trinajstić information content (AvgIpc) is 2.59. The van der Waals surface area contributed by atoms with Crippen LogP contribution >= 0.6 is 0 Å². The van der Waals surface area contributed by atoms with Crippen LogP contribution < -0.4 is 4.76 Å². The van der Waals surface area contributed by atoms with Crippen LogP contribution in [0.2, 0.25) is 0 Å². The Hall–Kier alpha value is -1.39. The lowest BCUT2D eigenvalue weighted by molar-refractivity contribution is -0.114. The first-order valence-corrected chi connectivity index (χ1v) is 3.65. The second-order valence-corrected chi connectivity index (χ2v) is 2.76. The van der Waals surface area contributed by atoms with Crippen LogP contribution in [0, 0.1) is 5.21 Å². The van der Waals surface area contributed by atoms with Crippen molar-refractivity contribution in [2.45, 2.75) is 0 Å². The minimum atomic E-state index is -0.716. The van der Waals surface area contributed by atoms with Crippen LogP contribution in [0.5, 0.6) is 0 Å². The summed E-state index contributed by atoms with van der Waals surface area (Å²) in [5.41, 5.74) is 0. The first kappa shape index (κ1) is 7.27. The van der Waals surface area contributed by atoms with E-state index in [0.717, 1.165) is 0 Å². The summed E-state index contributed by atoms with van der Waals surface area (Å²) in [7, 11) is 0. The van der Waals surface area contributed by atoms with Crippen LogP contribution in [0.4, 0.5) is 0 Å². The summed E-state index contributed by atoms with van der Waals surface area (Å²) in [6, 6.07) is 3.52. The molecule has 1 atom stereocenters. The van der Waals surface area contributed by atoms with Crippen molar-refractivity contribution < 1.29 is 4.79 Å². The molecule has 4 nitrogen and oxygen atoms in total. The molecular weight excluding hydrogens is 156 g/mol. The molecule has 62 valence electrons. The quantitative estimate of drug-likeness (QED) is 0.448. The molecule has 0 aliphatic carbocycles. The van der Waals surface area contributed by atoms with Crippen molar-refractivity contribution >= 4 is 5.78 Å². The number of hydrogen-bond donors (Lipinski definition) is 0. The van der Waals surface area contributed by atoms with E-state index >= 15 is 0 Å². The lowest BCUT2D eigenvalue weighted by atomic mass is 10.4. The molecule has 0 spiro atoms. The number of ketones is 1. The molecule has 12 heavy (non-hydrogen) atoms. The van der Waals surface area contributed by atoms with Crippen molar-refractivity contribution in [2.75, 3.05) is 6.54 Å². The van der Waals surface area contributed by atoms with Gasteiger partial charge in [-0.1, -0.05) is 0 Å².